The van der Waals surface area contributed by atoms with E-state index in [4.69, 9.17) is 9.84 Å². The lowest BCUT2D eigenvalue weighted by Gasteiger charge is -2.33. The maximum atomic E-state index is 12.4. The van der Waals surface area contributed by atoms with E-state index >= 15 is 0 Å². The molecule has 0 spiro atoms. The summed E-state index contributed by atoms with van der Waals surface area (Å²) in [6.45, 7) is 2.98. The van der Waals surface area contributed by atoms with Crippen molar-refractivity contribution < 1.29 is 23.1 Å². The van der Waals surface area contributed by atoms with Crippen LogP contribution in [-0.4, -0.2) is 71.6 Å². The predicted octanol–water partition coefficient (Wildman–Crippen LogP) is -0.589. The minimum atomic E-state index is -3.72. The van der Waals surface area contributed by atoms with Crippen LogP contribution in [0.4, 0.5) is 0 Å². The van der Waals surface area contributed by atoms with E-state index in [9.17, 15) is 13.2 Å². The maximum Gasteiger partial charge on any atom is 0.322 e. The minimum absolute atomic E-state index is 0.280. The molecule has 7 nitrogen and oxygen atoms in total. The number of ether oxygens (including phenoxy) is 1. The molecule has 0 bridgehead atoms. The second-order valence-electron chi connectivity index (χ2n) is 4.14. The fourth-order valence-electron chi connectivity index (χ4n) is 2.07. The zero-order valence-electron chi connectivity index (χ0n) is 9.98. The van der Waals surface area contributed by atoms with Crippen LogP contribution in [0.5, 0.6) is 0 Å². The van der Waals surface area contributed by atoms with Crippen LogP contribution in [0.2, 0.25) is 0 Å². The molecule has 0 amide bonds. The Morgan fingerprint density at radius 2 is 2.00 bits per heavy atom. The second-order valence-corrected chi connectivity index (χ2v) is 7.32. The van der Waals surface area contributed by atoms with Gasteiger partial charge in [0.1, 0.15) is 6.04 Å². The first-order valence-corrected chi connectivity index (χ1v) is 8.10. The van der Waals surface area contributed by atoms with Crippen LogP contribution >= 0.6 is 11.8 Å². The maximum absolute atomic E-state index is 12.4. The molecule has 0 aromatic rings. The quantitative estimate of drug-likeness (QED) is 0.749. The van der Waals surface area contributed by atoms with Gasteiger partial charge in [0.15, 0.2) is 0 Å². The summed E-state index contributed by atoms with van der Waals surface area (Å²) in [5.41, 5.74) is 0. The van der Waals surface area contributed by atoms with Crippen molar-refractivity contribution in [3.8, 4) is 0 Å². The molecule has 0 radical (unpaired) electrons. The first-order valence-electron chi connectivity index (χ1n) is 5.65. The van der Waals surface area contributed by atoms with Crippen LogP contribution in [0, 0.1) is 0 Å². The van der Waals surface area contributed by atoms with E-state index in [2.05, 4.69) is 0 Å². The summed E-state index contributed by atoms with van der Waals surface area (Å²) in [6, 6.07) is -0.974. The van der Waals surface area contributed by atoms with Crippen molar-refractivity contribution in [3.05, 3.63) is 0 Å². The third-order valence-electron chi connectivity index (χ3n) is 3.01. The largest absolute Gasteiger partial charge is 0.480 e. The summed E-state index contributed by atoms with van der Waals surface area (Å²) in [7, 11) is -3.72. The van der Waals surface area contributed by atoms with E-state index in [1.807, 2.05) is 0 Å². The zero-order valence-corrected chi connectivity index (χ0v) is 11.6. The van der Waals surface area contributed by atoms with Crippen LogP contribution in [0.25, 0.3) is 0 Å². The van der Waals surface area contributed by atoms with E-state index in [-0.39, 0.29) is 18.5 Å². The van der Waals surface area contributed by atoms with Gasteiger partial charge in [-0.3, -0.25) is 4.79 Å². The van der Waals surface area contributed by atoms with Crippen molar-refractivity contribution in [1.82, 2.24) is 8.61 Å². The SMILES string of the molecule is CC1SCC(C(=O)O)N1S(=O)(=O)N1CCOCC1. The highest BCUT2D eigenvalue weighted by molar-refractivity contribution is 8.01. The molecule has 2 unspecified atom stereocenters. The molecule has 9 heteroatoms. The topological polar surface area (TPSA) is 87.2 Å². The number of carboxylic acid groups (broad SMARTS) is 1. The lowest BCUT2D eigenvalue weighted by molar-refractivity contribution is -0.140. The summed E-state index contributed by atoms with van der Waals surface area (Å²) in [6.07, 6.45) is 0. The number of carboxylic acids is 1. The molecule has 2 heterocycles. The normalized spacial score (nSPS) is 31.6. The molecule has 2 aliphatic heterocycles. The fourth-order valence-corrected chi connectivity index (χ4v) is 5.47. The van der Waals surface area contributed by atoms with Gasteiger partial charge in [0, 0.05) is 18.8 Å². The van der Waals surface area contributed by atoms with Gasteiger partial charge in [-0.15, -0.1) is 11.8 Å². The highest BCUT2D eigenvalue weighted by Crippen LogP contribution is 2.32. The van der Waals surface area contributed by atoms with Gasteiger partial charge in [-0.2, -0.15) is 17.0 Å². The third kappa shape index (κ3) is 2.50. The van der Waals surface area contributed by atoms with Gasteiger partial charge in [0.05, 0.1) is 18.6 Å². The fraction of sp³-hybridized carbons (Fsp3) is 0.889. The first-order chi connectivity index (χ1) is 8.44. The highest BCUT2D eigenvalue weighted by Gasteiger charge is 2.46. The lowest BCUT2D eigenvalue weighted by Crippen LogP contribution is -2.53. The Morgan fingerprint density at radius 3 is 2.56 bits per heavy atom. The molecule has 2 saturated heterocycles. The van der Waals surface area contributed by atoms with Gasteiger partial charge < -0.3 is 9.84 Å². The Kier molecular flexibility index (Phi) is 4.17. The van der Waals surface area contributed by atoms with E-state index in [1.54, 1.807) is 6.92 Å². The molecule has 2 rings (SSSR count). The molecular formula is C9H16N2O5S2. The number of carbonyl (C=O) groups is 1. The Balaban J connectivity index is 2.23. The van der Waals surface area contributed by atoms with Gasteiger partial charge in [0.2, 0.25) is 0 Å². The van der Waals surface area contributed by atoms with Crippen LogP contribution in [0.1, 0.15) is 6.92 Å². The number of morpholine rings is 1. The van der Waals surface area contributed by atoms with Gasteiger partial charge in [0.25, 0.3) is 10.2 Å². The first kappa shape index (κ1) is 14.1. The Hall–Kier alpha value is -0.350. The van der Waals surface area contributed by atoms with Crippen molar-refractivity contribution in [3.63, 3.8) is 0 Å². The Bertz CT molecular complexity index is 421. The molecule has 2 aliphatic rings. The number of nitrogens with zero attached hydrogens (tertiary/aromatic N) is 2. The third-order valence-corrected chi connectivity index (χ3v) is 6.48. The van der Waals surface area contributed by atoms with Crippen LogP contribution in [0.15, 0.2) is 0 Å². The Morgan fingerprint density at radius 1 is 1.39 bits per heavy atom. The van der Waals surface area contributed by atoms with E-state index < -0.39 is 22.2 Å². The molecule has 0 aliphatic carbocycles. The van der Waals surface area contributed by atoms with Gasteiger partial charge in [-0.1, -0.05) is 0 Å². The molecule has 18 heavy (non-hydrogen) atoms. The zero-order chi connectivity index (χ0) is 13.3. The van der Waals surface area contributed by atoms with Crippen molar-refractivity contribution >= 4 is 27.9 Å². The average Bonchev–Trinajstić information content (AvgIpc) is 2.73. The molecule has 0 aromatic carbocycles. The lowest BCUT2D eigenvalue weighted by atomic mass is 10.3. The summed E-state index contributed by atoms with van der Waals surface area (Å²) in [5.74, 6) is -0.802. The molecule has 0 saturated carbocycles. The summed E-state index contributed by atoms with van der Waals surface area (Å²) in [4.78, 5) is 11.1. The summed E-state index contributed by atoms with van der Waals surface area (Å²) < 4.78 is 32.4. The summed E-state index contributed by atoms with van der Waals surface area (Å²) >= 11 is 1.34. The van der Waals surface area contributed by atoms with Gasteiger partial charge >= 0.3 is 5.97 Å². The van der Waals surface area contributed by atoms with Crippen LogP contribution in [0.3, 0.4) is 0 Å². The van der Waals surface area contributed by atoms with Crippen molar-refractivity contribution in [1.29, 1.82) is 0 Å². The standard InChI is InChI=1S/C9H16N2O5S2/c1-7-11(8(6-17-7)9(12)13)18(14,15)10-2-4-16-5-3-10/h7-8H,2-6H2,1H3,(H,12,13). The van der Waals surface area contributed by atoms with Crippen LogP contribution in [-0.2, 0) is 19.7 Å². The number of rotatable bonds is 3. The molecular weight excluding hydrogens is 280 g/mol. The number of thioether (sulfide) groups is 1. The van der Waals surface area contributed by atoms with Crippen molar-refractivity contribution in [2.45, 2.75) is 18.3 Å². The monoisotopic (exact) mass is 296 g/mol. The van der Waals surface area contributed by atoms with Gasteiger partial charge in [-0.25, -0.2) is 0 Å². The van der Waals surface area contributed by atoms with Gasteiger partial charge in [-0.05, 0) is 6.92 Å². The number of hydrogen-bond donors (Lipinski definition) is 1. The van der Waals surface area contributed by atoms with E-state index in [1.165, 1.54) is 16.1 Å². The molecule has 0 aromatic heterocycles. The highest BCUT2D eigenvalue weighted by atomic mass is 32.2. The molecule has 104 valence electrons. The van der Waals surface area contributed by atoms with E-state index in [0.717, 1.165) is 4.31 Å². The minimum Gasteiger partial charge on any atom is -0.480 e. The smallest absolute Gasteiger partial charge is 0.322 e. The van der Waals surface area contributed by atoms with Crippen LogP contribution < -0.4 is 0 Å². The second kappa shape index (κ2) is 5.33. The molecule has 2 fully saturated rings. The number of hydrogen-bond acceptors (Lipinski definition) is 5. The van der Waals surface area contributed by atoms with E-state index in [0.29, 0.717) is 19.0 Å². The summed E-state index contributed by atoms with van der Waals surface area (Å²) in [5, 5.41) is 8.75. The Labute approximate surface area is 110 Å². The molecule has 1 N–H and O–H groups in total. The average molecular weight is 296 g/mol. The van der Waals surface area contributed by atoms with Crippen molar-refractivity contribution in [2.24, 2.45) is 0 Å². The predicted molar refractivity (Wildman–Crippen MR) is 66.5 cm³/mol. The van der Waals surface area contributed by atoms with Crippen molar-refractivity contribution in [2.75, 3.05) is 32.1 Å². The number of aliphatic carboxylic acids is 1. The molecule has 2 atom stereocenters.